The van der Waals surface area contributed by atoms with Crippen LogP contribution in [-0.4, -0.2) is 25.9 Å². The fraction of sp³-hybridized carbons (Fsp3) is 0.200. The average molecular weight is 217 g/mol. The first-order valence-electron chi connectivity index (χ1n) is 4.79. The number of rotatable bonds is 3. The molecule has 0 saturated heterocycles. The van der Waals surface area contributed by atoms with Crippen LogP contribution in [0.25, 0.3) is 0 Å². The molecular weight excluding hydrogens is 206 g/mol. The van der Waals surface area contributed by atoms with Crippen LogP contribution in [0.2, 0.25) is 0 Å². The van der Waals surface area contributed by atoms with Crippen LogP contribution in [0.4, 0.5) is 0 Å². The third kappa shape index (κ3) is 2.41. The van der Waals surface area contributed by atoms with Crippen molar-refractivity contribution >= 4 is 5.91 Å². The molecule has 0 unspecified atom stereocenters. The first-order chi connectivity index (χ1) is 7.75. The van der Waals surface area contributed by atoms with Crippen molar-refractivity contribution < 1.29 is 4.79 Å². The summed E-state index contributed by atoms with van der Waals surface area (Å²) in [5.41, 5.74) is 1.26. The lowest BCUT2D eigenvalue weighted by atomic mass is 10.3. The fourth-order valence-corrected chi connectivity index (χ4v) is 1.23. The highest BCUT2D eigenvalue weighted by Crippen LogP contribution is 1.96. The molecule has 0 saturated carbocycles. The van der Waals surface area contributed by atoms with E-state index in [2.05, 4.69) is 20.6 Å². The second kappa shape index (κ2) is 4.52. The van der Waals surface area contributed by atoms with Gasteiger partial charge in [0.2, 0.25) is 0 Å². The number of aryl methyl sites for hydroxylation is 1. The van der Waals surface area contributed by atoms with Gasteiger partial charge in [-0.05, 0) is 11.6 Å². The van der Waals surface area contributed by atoms with Crippen molar-refractivity contribution in [3.05, 3.63) is 42.0 Å². The maximum Gasteiger partial charge on any atom is 0.273 e. The summed E-state index contributed by atoms with van der Waals surface area (Å²) < 4.78 is 1.49. The van der Waals surface area contributed by atoms with E-state index in [9.17, 15) is 4.79 Å². The second-order valence-corrected chi connectivity index (χ2v) is 3.32. The fourth-order valence-electron chi connectivity index (χ4n) is 1.23. The van der Waals surface area contributed by atoms with Crippen LogP contribution in [0.5, 0.6) is 0 Å². The van der Waals surface area contributed by atoms with Crippen molar-refractivity contribution in [2.24, 2.45) is 7.05 Å². The zero-order valence-electron chi connectivity index (χ0n) is 8.79. The van der Waals surface area contributed by atoms with E-state index in [-0.39, 0.29) is 5.91 Å². The lowest BCUT2D eigenvalue weighted by Gasteiger charge is -2.01. The van der Waals surface area contributed by atoms with Crippen molar-refractivity contribution in [3.63, 3.8) is 0 Å². The molecule has 16 heavy (non-hydrogen) atoms. The van der Waals surface area contributed by atoms with Crippen molar-refractivity contribution in [1.29, 1.82) is 0 Å². The Kier molecular flexibility index (Phi) is 2.90. The molecule has 0 aliphatic rings. The van der Waals surface area contributed by atoms with Gasteiger partial charge in [0.05, 0.1) is 6.20 Å². The number of carbonyl (C=O) groups is 1. The average Bonchev–Trinajstić information content (AvgIpc) is 2.74. The summed E-state index contributed by atoms with van der Waals surface area (Å²) in [5, 5.41) is 10.1. The molecule has 2 rings (SSSR count). The second-order valence-electron chi connectivity index (χ2n) is 3.32. The summed E-state index contributed by atoms with van der Waals surface area (Å²) in [5.74, 6) is -0.239. The number of hydrogen-bond donors (Lipinski definition) is 1. The highest BCUT2D eigenvalue weighted by atomic mass is 16.2. The van der Waals surface area contributed by atoms with Gasteiger partial charge in [0, 0.05) is 26.0 Å². The number of carbonyl (C=O) groups excluding carboxylic acids is 1. The molecule has 0 bridgehead atoms. The largest absolute Gasteiger partial charge is 0.346 e. The molecule has 2 heterocycles. The monoisotopic (exact) mass is 217 g/mol. The summed E-state index contributed by atoms with van der Waals surface area (Å²) in [6.07, 6.45) is 4.96. The maximum absolute atomic E-state index is 11.6. The number of nitrogens with zero attached hydrogens (tertiary/aromatic N) is 4. The quantitative estimate of drug-likeness (QED) is 0.793. The van der Waals surface area contributed by atoms with E-state index in [1.165, 1.54) is 4.68 Å². The van der Waals surface area contributed by atoms with E-state index < -0.39 is 0 Å². The molecule has 6 nitrogen and oxygen atoms in total. The summed E-state index contributed by atoms with van der Waals surface area (Å²) in [4.78, 5) is 15.5. The van der Waals surface area contributed by atoms with Crippen LogP contribution in [-0.2, 0) is 13.6 Å². The minimum Gasteiger partial charge on any atom is -0.346 e. The van der Waals surface area contributed by atoms with Crippen molar-refractivity contribution in [2.75, 3.05) is 0 Å². The van der Waals surface area contributed by atoms with E-state index in [0.29, 0.717) is 12.2 Å². The molecule has 0 aliphatic carbocycles. The van der Waals surface area contributed by atoms with Crippen molar-refractivity contribution in [2.45, 2.75) is 6.54 Å². The van der Waals surface area contributed by atoms with Crippen molar-refractivity contribution in [3.8, 4) is 0 Å². The molecule has 1 N–H and O–H groups in total. The van der Waals surface area contributed by atoms with Gasteiger partial charge in [0.1, 0.15) is 0 Å². The summed E-state index contributed by atoms with van der Waals surface area (Å²) >= 11 is 0. The molecule has 82 valence electrons. The van der Waals surface area contributed by atoms with Crippen LogP contribution in [0.15, 0.2) is 30.7 Å². The predicted octanol–water partition coefficient (Wildman–Crippen LogP) is 0.140. The standard InChI is InChI=1S/C10H11N5O/c1-15-7-9(13-14-15)10(16)12-6-8-3-2-4-11-5-8/h2-5,7H,6H2,1H3,(H,12,16). The van der Waals surface area contributed by atoms with E-state index in [0.717, 1.165) is 5.56 Å². The lowest BCUT2D eigenvalue weighted by molar-refractivity contribution is 0.0946. The van der Waals surface area contributed by atoms with Gasteiger partial charge in [-0.2, -0.15) is 0 Å². The Hall–Kier alpha value is -2.24. The molecule has 0 atom stereocenters. The first kappa shape index (κ1) is 10.3. The zero-order valence-corrected chi connectivity index (χ0v) is 8.79. The van der Waals surface area contributed by atoms with Crippen LogP contribution in [0.1, 0.15) is 16.1 Å². The normalized spacial score (nSPS) is 10.1. The molecule has 0 radical (unpaired) electrons. The Labute approximate surface area is 92.3 Å². The number of hydrogen-bond acceptors (Lipinski definition) is 4. The van der Waals surface area contributed by atoms with Crippen molar-refractivity contribution in [1.82, 2.24) is 25.3 Å². The number of pyridine rings is 1. The molecule has 6 heteroatoms. The van der Waals surface area contributed by atoms with Crippen LogP contribution >= 0.6 is 0 Å². The van der Waals surface area contributed by atoms with Gasteiger partial charge in [0.15, 0.2) is 5.69 Å². The van der Waals surface area contributed by atoms with Gasteiger partial charge in [-0.25, -0.2) is 0 Å². The van der Waals surface area contributed by atoms with Crippen LogP contribution < -0.4 is 5.32 Å². The van der Waals surface area contributed by atoms with E-state index in [1.54, 1.807) is 25.6 Å². The highest BCUT2D eigenvalue weighted by molar-refractivity contribution is 5.91. The molecule has 0 spiro atoms. The Morgan fingerprint density at radius 2 is 2.44 bits per heavy atom. The van der Waals surface area contributed by atoms with Gasteiger partial charge in [0.25, 0.3) is 5.91 Å². The van der Waals surface area contributed by atoms with Gasteiger partial charge in [-0.1, -0.05) is 11.3 Å². The third-order valence-corrected chi connectivity index (χ3v) is 2.01. The Balaban J connectivity index is 1.94. The molecule has 1 amide bonds. The van der Waals surface area contributed by atoms with Gasteiger partial charge < -0.3 is 5.32 Å². The summed E-state index contributed by atoms with van der Waals surface area (Å²) in [6, 6.07) is 3.72. The predicted molar refractivity (Wildman–Crippen MR) is 56.4 cm³/mol. The zero-order chi connectivity index (χ0) is 11.4. The Bertz CT molecular complexity index is 479. The topological polar surface area (TPSA) is 72.7 Å². The molecule has 0 aliphatic heterocycles. The minimum absolute atomic E-state index is 0.239. The maximum atomic E-state index is 11.6. The Morgan fingerprint density at radius 1 is 1.56 bits per heavy atom. The van der Waals surface area contributed by atoms with Gasteiger partial charge in [-0.3, -0.25) is 14.5 Å². The highest BCUT2D eigenvalue weighted by Gasteiger charge is 2.08. The van der Waals surface area contributed by atoms with Crippen LogP contribution in [0.3, 0.4) is 0 Å². The third-order valence-electron chi connectivity index (χ3n) is 2.01. The van der Waals surface area contributed by atoms with Gasteiger partial charge in [-0.15, -0.1) is 5.10 Å². The molecule has 0 aromatic carbocycles. The van der Waals surface area contributed by atoms with E-state index in [4.69, 9.17) is 0 Å². The molecule has 2 aromatic heterocycles. The van der Waals surface area contributed by atoms with E-state index in [1.807, 2.05) is 12.1 Å². The SMILES string of the molecule is Cn1cc(C(=O)NCc2cccnc2)nn1. The minimum atomic E-state index is -0.239. The first-order valence-corrected chi connectivity index (χ1v) is 4.79. The lowest BCUT2D eigenvalue weighted by Crippen LogP contribution is -2.23. The van der Waals surface area contributed by atoms with Gasteiger partial charge >= 0.3 is 0 Å². The molecule has 0 fully saturated rings. The van der Waals surface area contributed by atoms with E-state index >= 15 is 0 Å². The molecular formula is C10H11N5O. The smallest absolute Gasteiger partial charge is 0.273 e. The number of aromatic nitrogens is 4. The van der Waals surface area contributed by atoms with Crippen LogP contribution in [0, 0.1) is 0 Å². The summed E-state index contributed by atoms with van der Waals surface area (Å²) in [6.45, 7) is 0.434. The number of nitrogens with one attached hydrogen (secondary N) is 1. The molecule has 2 aromatic rings. The number of amides is 1. The summed E-state index contributed by atoms with van der Waals surface area (Å²) in [7, 11) is 1.71. The Morgan fingerprint density at radius 3 is 3.06 bits per heavy atom.